The monoisotopic (exact) mass is 386 g/mol. The summed E-state index contributed by atoms with van der Waals surface area (Å²) in [6.07, 6.45) is 1.87. The lowest BCUT2D eigenvalue weighted by Gasteiger charge is -2.09. The van der Waals surface area contributed by atoms with Gasteiger partial charge in [-0.15, -0.1) is 0 Å². The first-order chi connectivity index (χ1) is 12.7. The first-order valence-corrected chi connectivity index (χ1v) is 8.70. The van der Waals surface area contributed by atoms with Crippen molar-refractivity contribution >= 4 is 40.4 Å². The number of anilines is 2. The Morgan fingerprint density at radius 1 is 1.12 bits per heavy atom. The average Bonchev–Trinajstić information content (AvgIpc) is 3.25. The fourth-order valence-corrected chi connectivity index (χ4v) is 2.99. The number of thiocarbonyl (C=S) groups is 1. The molecule has 2 aromatic carbocycles. The zero-order chi connectivity index (χ0) is 17.9. The molecule has 4 rings (SSSR count). The Labute approximate surface area is 160 Å². The van der Waals surface area contributed by atoms with E-state index in [9.17, 15) is 0 Å². The molecule has 0 atom stereocenters. The average molecular weight is 387 g/mol. The van der Waals surface area contributed by atoms with Gasteiger partial charge >= 0.3 is 0 Å². The molecule has 0 aliphatic carbocycles. The predicted molar refractivity (Wildman–Crippen MR) is 105 cm³/mol. The molecule has 0 saturated carbocycles. The zero-order valence-electron chi connectivity index (χ0n) is 13.6. The van der Waals surface area contributed by atoms with Crippen LogP contribution in [0.15, 0.2) is 54.7 Å². The van der Waals surface area contributed by atoms with E-state index in [4.69, 9.17) is 33.3 Å². The highest BCUT2D eigenvalue weighted by atomic mass is 35.5. The van der Waals surface area contributed by atoms with Crippen molar-refractivity contribution in [3.05, 3.63) is 65.3 Å². The van der Waals surface area contributed by atoms with Gasteiger partial charge in [0, 0.05) is 29.0 Å². The van der Waals surface area contributed by atoms with Gasteiger partial charge in [-0.25, -0.2) is 0 Å². The van der Waals surface area contributed by atoms with E-state index in [2.05, 4.69) is 15.7 Å². The first kappa shape index (κ1) is 16.7. The van der Waals surface area contributed by atoms with Crippen LogP contribution in [0.25, 0.3) is 0 Å². The maximum atomic E-state index is 6.19. The lowest BCUT2D eigenvalue weighted by molar-refractivity contribution is 0.174. The molecule has 1 aliphatic heterocycles. The number of aromatic nitrogens is 2. The van der Waals surface area contributed by atoms with Crippen molar-refractivity contribution in [2.75, 3.05) is 17.4 Å². The molecule has 0 spiro atoms. The van der Waals surface area contributed by atoms with Gasteiger partial charge < -0.3 is 20.1 Å². The molecule has 1 aromatic heterocycles. The fraction of sp³-hybridized carbons (Fsp3) is 0.111. The summed E-state index contributed by atoms with van der Waals surface area (Å²) < 4.78 is 12.4. The number of rotatable bonds is 4. The van der Waals surface area contributed by atoms with E-state index < -0.39 is 0 Å². The zero-order valence-corrected chi connectivity index (χ0v) is 15.2. The molecule has 6 nitrogen and oxygen atoms in total. The van der Waals surface area contributed by atoms with Gasteiger partial charge in [0.05, 0.1) is 6.54 Å². The molecule has 0 unspecified atom stereocenters. The van der Waals surface area contributed by atoms with E-state index in [1.54, 1.807) is 4.68 Å². The molecule has 0 amide bonds. The number of ether oxygens (including phenoxy) is 2. The molecule has 0 saturated heterocycles. The predicted octanol–water partition coefficient (Wildman–Crippen LogP) is 4.12. The van der Waals surface area contributed by atoms with Crippen LogP contribution in [0.4, 0.5) is 11.5 Å². The smallest absolute Gasteiger partial charge is 0.231 e. The molecule has 132 valence electrons. The molecule has 3 aromatic rings. The molecule has 2 N–H and O–H groups in total. The van der Waals surface area contributed by atoms with Crippen LogP contribution in [0, 0.1) is 0 Å². The number of hydrogen-bond acceptors (Lipinski definition) is 4. The Hall–Kier alpha value is -2.77. The standard InChI is InChI=1S/C18H15ClN4O2S/c19-14-4-2-1-3-12(14)10-23-8-7-17(22-23)21-18(26)20-13-5-6-15-16(9-13)25-11-24-15/h1-9H,10-11H2,(H2,20,21,22,26). The van der Waals surface area contributed by atoms with Crippen molar-refractivity contribution in [1.82, 2.24) is 9.78 Å². The molecular formula is C18H15ClN4O2S. The van der Waals surface area contributed by atoms with E-state index in [0.29, 0.717) is 23.2 Å². The van der Waals surface area contributed by atoms with Crippen LogP contribution in [0.2, 0.25) is 5.02 Å². The van der Waals surface area contributed by atoms with Gasteiger partial charge in [-0.3, -0.25) is 4.68 Å². The number of nitrogens with one attached hydrogen (secondary N) is 2. The Bertz CT molecular complexity index is 960. The van der Waals surface area contributed by atoms with Crippen molar-refractivity contribution in [3.8, 4) is 11.5 Å². The third kappa shape index (κ3) is 3.74. The number of nitrogens with zero attached hydrogens (tertiary/aromatic N) is 2. The summed E-state index contributed by atoms with van der Waals surface area (Å²) >= 11 is 11.5. The second kappa shape index (κ2) is 7.23. The van der Waals surface area contributed by atoms with Crippen LogP contribution >= 0.6 is 23.8 Å². The van der Waals surface area contributed by atoms with Crippen LogP contribution in [0.1, 0.15) is 5.56 Å². The number of hydrogen-bond donors (Lipinski definition) is 2. The van der Waals surface area contributed by atoms with Gasteiger partial charge in [0.25, 0.3) is 0 Å². The van der Waals surface area contributed by atoms with E-state index in [0.717, 1.165) is 22.0 Å². The molecule has 2 heterocycles. The molecule has 8 heteroatoms. The maximum absolute atomic E-state index is 6.19. The normalized spacial score (nSPS) is 12.0. The van der Waals surface area contributed by atoms with Gasteiger partial charge in [0.2, 0.25) is 6.79 Å². The molecule has 1 aliphatic rings. The summed E-state index contributed by atoms with van der Waals surface area (Å²) in [6, 6.07) is 15.1. The molecule has 0 bridgehead atoms. The molecular weight excluding hydrogens is 372 g/mol. The lowest BCUT2D eigenvalue weighted by Crippen LogP contribution is -2.19. The molecule has 0 fully saturated rings. The van der Waals surface area contributed by atoms with Crippen molar-refractivity contribution in [3.63, 3.8) is 0 Å². The summed E-state index contributed by atoms with van der Waals surface area (Å²) in [6.45, 7) is 0.827. The summed E-state index contributed by atoms with van der Waals surface area (Å²) in [5.74, 6) is 2.07. The van der Waals surface area contributed by atoms with E-state index in [1.807, 2.05) is 54.7 Å². The minimum absolute atomic E-state index is 0.240. The highest BCUT2D eigenvalue weighted by Gasteiger charge is 2.13. The minimum atomic E-state index is 0.240. The van der Waals surface area contributed by atoms with Gasteiger partial charge in [0.1, 0.15) is 0 Å². The Balaban J connectivity index is 1.38. The Morgan fingerprint density at radius 3 is 2.85 bits per heavy atom. The van der Waals surface area contributed by atoms with Gasteiger partial charge in [0.15, 0.2) is 22.4 Å². The van der Waals surface area contributed by atoms with Gasteiger partial charge in [-0.05, 0) is 36.0 Å². The van der Waals surface area contributed by atoms with E-state index in [1.165, 1.54) is 0 Å². The van der Waals surface area contributed by atoms with Gasteiger partial charge in [-0.1, -0.05) is 29.8 Å². The first-order valence-electron chi connectivity index (χ1n) is 7.92. The summed E-state index contributed by atoms with van der Waals surface area (Å²) in [4.78, 5) is 0. The molecule has 0 radical (unpaired) electrons. The summed E-state index contributed by atoms with van der Waals surface area (Å²) in [5, 5.41) is 11.8. The van der Waals surface area contributed by atoms with Crippen molar-refractivity contribution in [2.24, 2.45) is 0 Å². The van der Waals surface area contributed by atoms with Crippen LogP contribution in [-0.4, -0.2) is 21.7 Å². The second-order valence-electron chi connectivity index (χ2n) is 5.64. The van der Waals surface area contributed by atoms with Crippen LogP contribution in [-0.2, 0) is 6.54 Å². The van der Waals surface area contributed by atoms with Crippen LogP contribution in [0.5, 0.6) is 11.5 Å². The summed E-state index contributed by atoms with van der Waals surface area (Å²) in [5.41, 5.74) is 1.81. The SMILES string of the molecule is S=C(Nc1ccc2c(c1)OCO2)Nc1ccn(Cc2ccccc2Cl)n1. The van der Waals surface area contributed by atoms with Crippen molar-refractivity contribution < 1.29 is 9.47 Å². The Morgan fingerprint density at radius 2 is 1.96 bits per heavy atom. The fourth-order valence-electron chi connectivity index (χ4n) is 2.57. The van der Waals surface area contributed by atoms with Crippen molar-refractivity contribution in [2.45, 2.75) is 6.54 Å². The maximum Gasteiger partial charge on any atom is 0.231 e. The topological polar surface area (TPSA) is 60.3 Å². The number of benzene rings is 2. The quantitative estimate of drug-likeness (QED) is 0.658. The highest BCUT2D eigenvalue weighted by molar-refractivity contribution is 7.80. The van der Waals surface area contributed by atoms with Gasteiger partial charge in [-0.2, -0.15) is 5.10 Å². The third-order valence-electron chi connectivity index (χ3n) is 3.80. The second-order valence-corrected chi connectivity index (χ2v) is 6.45. The minimum Gasteiger partial charge on any atom is -0.454 e. The summed E-state index contributed by atoms with van der Waals surface area (Å²) in [7, 11) is 0. The molecule has 26 heavy (non-hydrogen) atoms. The highest BCUT2D eigenvalue weighted by Crippen LogP contribution is 2.34. The van der Waals surface area contributed by atoms with Crippen LogP contribution in [0.3, 0.4) is 0 Å². The van der Waals surface area contributed by atoms with E-state index in [-0.39, 0.29) is 6.79 Å². The number of halogens is 1. The largest absolute Gasteiger partial charge is 0.454 e. The number of fused-ring (bicyclic) bond motifs is 1. The van der Waals surface area contributed by atoms with E-state index >= 15 is 0 Å². The van der Waals surface area contributed by atoms with Crippen LogP contribution < -0.4 is 20.1 Å². The Kier molecular flexibility index (Phi) is 4.64. The van der Waals surface area contributed by atoms with Crippen molar-refractivity contribution in [1.29, 1.82) is 0 Å². The lowest BCUT2D eigenvalue weighted by atomic mass is 10.2. The third-order valence-corrected chi connectivity index (χ3v) is 4.38.